The van der Waals surface area contributed by atoms with Crippen molar-refractivity contribution in [1.29, 1.82) is 0 Å². The number of hydrogen-bond donors (Lipinski definition) is 2. The summed E-state index contributed by atoms with van der Waals surface area (Å²) in [7, 11) is -1.47. The molecule has 160 valence electrons. The molecule has 1 amide bonds. The van der Waals surface area contributed by atoms with Crippen LogP contribution in [0.1, 0.15) is 20.3 Å². The number of ether oxygens (including phenoxy) is 3. The molecule has 0 bridgehead atoms. The van der Waals surface area contributed by atoms with Gasteiger partial charge in [0.15, 0.2) is 0 Å². The highest BCUT2D eigenvalue weighted by molar-refractivity contribution is 7.54. The second kappa shape index (κ2) is 13.4. The fraction of sp³-hybridized carbons (Fsp3) is 0.938. The van der Waals surface area contributed by atoms with E-state index in [-0.39, 0.29) is 32.5 Å². The molecule has 1 aliphatic rings. The van der Waals surface area contributed by atoms with Crippen molar-refractivity contribution in [3.8, 4) is 0 Å². The van der Waals surface area contributed by atoms with Crippen LogP contribution < -0.4 is 5.09 Å². The summed E-state index contributed by atoms with van der Waals surface area (Å²) in [4.78, 5) is 13.7. The lowest BCUT2D eigenvalue weighted by molar-refractivity contribution is 0.0127. The van der Waals surface area contributed by atoms with Gasteiger partial charge in [-0.15, -0.1) is 0 Å². The Kier molecular flexibility index (Phi) is 12.1. The van der Waals surface area contributed by atoms with Gasteiger partial charge in [0.25, 0.3) is 0 Å². The van der Waals surface area contributed by atoms with E-state index in [1.165, 1.54) is 0 Å². The second-order valence-electron chi connectivity index (χ2n) is 6.07. The van der Waals surface area contributed by atoms with Gasteiger partial charge in [-0.3, -0.25) is 4.57 Å². The van der Waals surface area contributed by atoms with E-state index in [1.54, 1.807) is 16.6 Å². The number of piperazine rings is 1. The molecule has 2 unspecified atom stereocenters. The van der Waals surface area contributed by atoms with Crippen molar-refractivity contribution in [2.75, 3.05) is 72.9 Å². The SMILES string of the molecule is CCC(C)OP(=O)(NC)N1CCN(C(=O)OCCOCCOCCO)CC1. The van der Waals surface area contributed by atoms with Crippen LogP contribution in [-0.2, 0) is 23.3 Å². The monoisotopic (exact) mass is 411 g/mol. The number of nitrogens with zero attached hydrogens (tertiary/aromatic N) is 2. The van der Waals surface area contributed by atoms with Crippen LogP contribution in [-0.4, -0.2) is 99.7 Å². The third kappa shape index (κ3) is 8.87. The highest BCUT2D eigenvalue weighted by atomic mass is 31.2. The minimum atomic E-state index is -3.09. The van der Waals surface area contributed by atoms with Crippen LogP contribution in [0.5, 0.6) is 0 Å². The van der Waals surface area contributed by atoms with E-state index >= 15 is 0 Å². The third-order valence-corrected chi connectivity index (χ3v) is 6.48. The quantitative estimate of drug-likeness (QED) is 0.337. The molecule has 0 aromatic carbocycles. The van der Waals surface area contributed by atoms with Gasteiger partial charge < -0.3 is 28.7 Å². The zero-order chi connectivity index (χ0) is 20.1. The lowest BCUT2D eigenvalue weighted by Crippen LogP contribution is -2.49. The molecule has 0 aromatic heterocycles. The number of amides is 1. The van der Waals surface area contributed by atoms with Crippen LogP contribution in [0.15, 0.2) is 0 Å². The van der Waals surface area contributed by atoms with Crippen molar-refractivity contribution >= 4 is 13.8 Å². The van der Waals surface area contributed by atoms with E-state index in [0.29, 0.717) is 39.4 Å². The molecule has 0 aromatic rings. The maximum Gasteiger partial charge on any atom is 0.409 e. The van der Waals surface area contributed by atoms with Crippen LogP contribution in [0.4, 0.5) is 4.79 Å². The number of nitrogens with one attached hydrogen (secondary N) is 1. The Balaban J connectivity index is 2.25. The van der Waals surface area contributed by atoms with E-state index in [1.807, 2.05) is 13.8 Å². The summed E-state index contributed by atoms with van der Waals surface area (Å²) in [5, 5.41) is 11.4. The summed E-state index contributed by atoms with van der Waals surface area (Å²) in [5.74, 6) is 0. The lowest BCUT2D eigenvalue weighted by Gasteiger charge is -2.38. The summed E-state index contributed by atoms with van der Waals surface area (Å²) < 4.78 is 35.9. The molecule has 2 N–H and O–H groups in total. The fourth-order valence-corrected chi connectivity index (χ4v) is 4.25. The van der Waals surface area contributed by atoms with Gasteiger partial charge in [-0.25, -0.2) is 14.6 Å². The number of carbonyl (C=O) groups is 1. The number of aliphatic hydroxyl groups is 1. The molecule has 11 heteroatoms. The lowest BCUT2D eigenvalue weighted by atomic mass is 10.3. The summed E-state index contributed by atoms with van der Waals surface area (Å²) in [6.45, 7) is 7.08. The molecule has 1 fully saturated rings. The molecule has 0 saturated carbocycles. The summed E-state index contributed by atoms with van der Waals surface area (Å²) in [6.07, 6.45) is 0.255. The molecule has 0 radical (unpaired) electrons. The summed E-state index contributed by atoms with van der Waals surface area (Å²) in [5.41, 5.74) is 0. The van der Waals surface area contributed by atoms with E-state index < -0.39 is 13.8 Å². The topological polar surface area (TPSA) is 110 Å². The predicted octanol–water partition coefficient (Wildman–Crippen LogP) is 0.909. The van der Waals surface area contributed by atoms with Gasteiger partial charge >= 0.3 is 13.8 Å². The summed E-state index contributed by atoms with van der Waals surface area (Å²) in [6, 6.07) is 0. The van der Waals surface area contributed by atoms with Gasteiger partial charge in [-0.2, -0.15) is 0 Å². The molecule has 1 saturated heterocycles. The Bertz CT molecular complexity index is 461. The van der Waals surface area contributed by atoms with Gasteiger partial charge in [-0.1, -0.05) is 6.92 Å². The Hall–Kier alpha value is -0.740. The standard InChI is InChI=1S/C16H34N3O7P/c1-4-15(2)26-27(22,17-3)19-7-5-18(6-8-19)16(21)25-14-13-24-12-11-23-10-9-20/h15,20H,4-14H2,1-3H3,(H,17,22). The molecule has 1 aliphatic heterocycles. The molecule has 1 heterocycles. The first-order chi connectivity index (χ1) is 13.0. The molecule has 0 spiro atoms. The van der Waals surface area contributed by atoms with Crippen LogP contribution in [0.2, 0.25) is 0 Å². The average Bonchev–Trinajstić information content (AvgIpc) is 2.69. The van der Waals surface area contributed by atoms with Crippen LogP contribution in [0, 0.1) is 0 Å². The average molecular weight is 411 g/mol. The molecular formula is C16H34N3O7P. The van der Waals surface area contributed by atoms with E-state index in [2.05, 4.69) is 5.09 Å². The number of hydrogen-bond acceptors (Lipinski definition) is 7. The Morgan fingerprint density at radius 2 is 1.70 bits per heavy atom. The van der Waals surface area contributed by atoms with E-state index in [9.17, 15) is 9.36 Å². The minimum absolute atomic E-state index is 0.0155. The van der Waals surface area contributed by atoms with Gasteiger partial charge in [0, 0.05) is 26.2 Å². The highest BCUT2D eigenvalue weighted by Crippen LogP contribution is 2.47. The van der Waals surface area contributed by atoms with E-state index in [4.69, 9.17) is 23.8 Å². The first-order valence-electron chi connectivity index (χ1n) is 9.37. The molecule has 27 heavy (non-hydrogen) atoms. The van der Waals surface area contributed by atoms with Crippen molar-refractivity contribution in [2.24, 2.45) is 0 Å². The van der Waals surface area contributed by atoms with Gasteiger partial charge in [0.05, 0.1) is 39.1 Å². The zero-order valence-corrected chi connectivity index (χ0v) is 17.5. The van der Waals surface area contributed by atoms with Crippen LogP contribution in [0.25, 0.3) is 0 Å². The van der Waals surface area contributed by atoms with E-state index in [0.717, 1.165) is 6.42 Å². The number of rotatable bonds is 13. The minimum Gasteiger partial charge on any atom is -0.447 e. The first-order valence-corrected chi connectivity index (χ1v) is 11.0. The second-order valence-corrected chi connectivity index (χ2v) is 8.34. The Morgan fingerprint density at radius 3 is 2.26 bits per heavy atom. The van der Waals surface area contributed by atoms with Gasteiger partial charge in [-0.05, 0) is 20.4 Å². The van der Waals surface area contributed by atoms with Crippen molar-refractivity contribution < 1.29 is 33.2 Å². The maximum absolute atomic E-state index is 12.9. The van der Waals surface area contributed by atoms with Gasteiger partial charge in [0.2, 0.25) is 0 Å². The predicted molar refractivity (Wildman–Crippen MR) is 101 cm³/mol. The normalized spacial score (nSPS) is 18.9. The molecule has 0 aliphatic carbocycles. The summed E-state index contributed by atoms with van der Waals surface area (Å²) >= 11 is 0. The fourth-order valence-electron chi connectivity index (χ4n) is 2.39. The highest BCUT2D eigenvalue weighted by Gasteiger charge is 2.35. The zero-order valence-electron chi connectivity index (χ0n) is 16.6. The molecule has 1 rings (SSSR count). The molecule has 2 atom stereocenters. The number of carbonyl (C=O) groups excluding carboxylic acids is 1. The van der Waals surface area contributed by atoms with Crippen LogP contribution >= 0.6 is 7.67 Å². The third-order valence-electron chi connectivity index (χ3n) is 4.13. The van der Waals surface area contributed by atoms with Crippen LogP contribution in [0.3, 0.4) is 0 Å². The molecular weight excluding hydrogens is 377 g/mol. The van der Waals surface area contributed by atoms with Crippen molar-refractivity contribution in [1.82, 2.24) is 14.7 Å². The maximum atomic E-state index is 12.9. The Labute approximate surface area is 161 Å². The molecule has 10 nitrogen and oxygen atoms in total. The first kappa shape index (κ1) is 24.3. The largest absolute Gasteiger partial charge is 0.447 e. The van der Waals surface area contributed by atoms with Gasteiger partial charge in [0.1, 0.15) is 6.61 Å². The van der Waals surface area contributed by atoms with Crippen molar-refractivity contribution in [2.45, 2.75) is 26.4 Å². The Morgan fingerprint density at radius 1 is 1.11 bits per heavy atom. The van der Waals surface area contributed by atoms with Crippen molar-refractivity contribution in [3.63, 3.8) is 0 Å². The smallest absolute Gasteiger partial charge is 0.409 e. The van der Waals surface area contributed by atoms with Crippen molar-refractivity contribution in [3.05, 3.63) is 0 Å². The number of aliphatic hydroxyl groups excluding tert-OH is 1.